The standard InChI is InChI=1S/C22H24N4O3S/c1-15-20(16(2)26(24-15)18-7-5-4-6-8-18)14-25(3)30(28,29)19-10-11-21-17(13-19)9-12-22(27)23-21/h4-8,10-11,13H,9,12,14H2,1-3H3,(H,23,27). The van der Waals surface area contributed by atoms with Crippen molar-refractivity contribution in [3.63, 3.8) is 0 Å². The summed E-state index contributed by atoms with van der Waals surface area (Å²) in [5, 5.41) is 7.39. The second-order valence-electron chi connectivity index (χ2n) is 7.52. The van der Waals surface area contributed by atoms with Crippen LogP contribution in [0.3, 0.4) is 0 Å². The molecule has 0 spiro atoms. The zero-order valence-electron chi connectivity index (χ0n) is 17.2. The van der Waals surface area contributed by atoms with Crippen molar-refractivity contribution < 1.29 is 13.2 Å². The van der Waals surface area contributed by atoms with Crippen LogP contribution in [0.1, 0.15) is 28.9 Å². The molecule has 0 unspecified atom stereocenters. The van der Waals surface area contributed by atoms with Crippen LogP contribution in [0.2, 0.25) is 0 Å². The number of sulfonamides is 1. The van der Waals surface area contributed by atoms with Crippen LogP contribution in [-0.4, -0.2) is 35.5 Å². The molecule has 0 fully saturated rings. The number of hydrogen-bond donors (Lipinski definition) is 1. The molecule has 1 aromatic heterocycles. The fourth-order valence-electron chi connectivity index (χ4n) is 3.73. The third-order valence-electron chi connectivity index (χ3n) is 5.50. The van der Waals surface area contributed by atoms with E-state index in [1.165, 1.54) is 4.31 Å². The van der Waals surface area contributed by atoms with Gasteiger partial charge in [0, 0.05) is 37.0 Å². The first-order chi connectivity index (χ1) is 14.3. The molecule has 0 aliphatic carbocycles. The second kappa shape index (κ2) is 7.70. The van der Waals surface area contributed by atoms with Gasteiger partial charge < -0.3 is 5.32 Å². The van der Waals surface area contributed by atoms with Crippen molar-refractivity contribution in [1.29, 1.82) is 0 Å². The van der Waals surface area contributed by atoms with Gasteiger partial charge in [0.05, 0.1) is 16.3 Å². The van der Waals surface area contributed by atoms with Crippen LogP contribution in [0.15, 0.2) is 53.4 Å². The van der Waals surface area contributed by atoms with Crippen molar-refractivity contribution in [2.75, 3.05) is 12.4 Å². The van der Waals surface area contributed by atoms with Gasteiger partial charge >= 0.3 is 0 Å². The largest absolute Gasteiger partial charge is 0.326 e. The van der Waals surface area contributed by atoms with Gasteiger partial charge in [0.15, 0.2) is 0 Å². The van der Waals surface area contributed by atoms with Crippen LogP contribution in [0.5, 0.6) is 0 Å². The minimum absolute atomic E-state index is 0.0448. The molecular weight excluding hydrogens is 400 g/mol. The van der Waals surface area contributed by atoms with Gasteiger partial charge in [0.25, 0.3) is 0 Å². The minimum atomic E-state index is -3.69. The molecule has 156 valence electrons. The van der Waals surface area contributed by atoms with E-state index in [1.807, 2.05) is 48.9 Å². The number of aryl methyl sites for hydroxylation is 2. The van der Waals surface area contributed by atoms with Crippen LogP contribution >= 0.6 is 0 Å². The van der Waals surface area contributed by atoms with Crippen molar-refractivity contribution in [2.45, 2.75) is 38.1 Å². The van der Waals surface area contributed by atoms with Gasteiger partial charge in [-0.1, -0.05) is 18.2 Å². The van der Waals surface area contributed by atoms with Crippen LogP contribution in [-0.2, 0) is 27.8 Å². The molecule has 7 nitrogen and oxygen atoms in total. The molecule has 1 aliphatic rings. The lowest BCUT2D eigenvalue weighted by molar-refractivity contribution is -0.116. The summed E-state index contributed by atoms with van der Waals surface area (Å²) in [6.07, 6.45) is 0.902. The highest BCUT2D eigenvalue weighted by Gasteiger charge is 2.26. The molecule has 30 heavy (non-hydrogen) atoms. The molecule has 2 aromatic carbocycles. The number of carbonyl (C=O) groups excluding carboxylic acids is 1. The molecule has 0 bridgehead atoms. The van der Waals surface area contributed by atoms with Gasteiger partial charge in [-0.05, 0) is 56.2 Å². The number of aromatic nitrogens is 2. The molecule has 0 saturated carbocycles. The molecule has 0 saturated heterocycles. The number of carbonyl (C=O) groups is 1. The highest BCUT2D eigenvalue weighted by Crippen LogP contribution is 2.28. The maximum atomic E-state index is 13.2. The molecular formula is C22H24N4O3S. The number of nitrogens with zero attached hydrogens (tertiary/aromatic N) is 3. The van der Waals surface area contributed by atoms with Gasteiger partial charge in [-0.2, -0.15) is 9.40 Å². The van der Waals surface area contributed by atoms with E-state index in [9.17, 15) is 13.2 Å². The van der Waals surface area contributed by atoms with E-state index in [4.69, 9.17) is 0 Å². The number of hydrogen-bond acceptors (Lipinski definition) is 4. The number of rotatable bonds is 5. The fourth-order valence-corrected chi connectivity index (χ4v) is 4.92. The smallest absolute Gasteiger partial charge is 0.243 e. The number of benzene rings is 2. The number of anilines is 1. The SMILES string of the molecule is Cc1nn(-c2ccccc2)c(C)c1CN(C)S(=O)(=O)c1ccc2c(c1)CCC(=O)N2. The number of nitrogens with one attached hydrogen (secondary N) is 1. The first-order valence-corrected chi connectivity index (χ1v) is 11.2. The lowest BCUT2D eigenvalue weighted by Gasteiger charge is -2.21. The van der Waals surface area contributed by atoms with Crippen molar-refractivity contribution >= 4 is 21.6 Å². The van der Waals surface area contributed by atoms with E-state index in [2.05, 4.69) is 10.4 Å². The van der Waals surface area contributed by atoms with E-state index >= 15 is 0 Å². The Morgan fingerprint density at radius 1 is 1.10 bits per heavy atom. The van der Waals surface area contributed by atoms with Crippen molar-refractivity contribution in [3.05, 3.63) is 71.0 Å². The van der Waals surface area contributed by atoms with Gasteiger partial charge in [-0.15, -0.1) is 0 Å². The molecule has 1 amide bonds. The summed E-state index contributed by atoms with van der Waals surface area (Å²) >= 11 is 0. The van der Waals surface area contributed by atoms with E-state index in [0.717, 1.165) is 28.2 Å². The average molecular weight is 425 g/mol. The third-order valence-corrected chi connectivity index (χ3v) is 7.30. The maximum Gasteiger partial charge on any atom is 0.243 e. The second-order valence-corrected chi connectivity index (χ2v) is 9.57. The Labute approximate surface area is 176 Å². The normalized spacial score (nSPS) is 13.9. The van der Waals surface area contributed by atoms with Crippen molar-refractivity contribution in [1.82, 2.24) is 14.1 Å². The summed E-state index contributed by atoms with van der Waals surface area (Å²) in [6.45, 7) is 4.06. The van der Waals surface area contributed by atoms with Crippen molar-refractivity contribution in [2.24, 2.45) is 0 Å². The molecule has 1 N–H and O–H groups in total. The quantitative estimate of drug-likeness (QED) is 0.682. The van der Waals surface area contributed by atoms with Crippen LogP contribution in [0, 0.1) is 13.8 Å². The number of fused-ring (bicyclic) bond motifs is 1. The topological polar surface area (TPSA) is 84.3 Å². The number of para-hydroxylation sites is 1. The summed E-state index contributed by atoms with van der Waals surface area (Å²) in [5.41, 5.74) is 5.05. The maximum absolute atomic E-state index is 13.2. The predicted octanol–water partition coefficient (Wildman–Crippen LogP) is 3.19. The minimum Gasteiger partial charge on any atom is -0.326 e. The molecule has 2 heterocycles. The predicted molar refractivity (Wildman–Crippen MR) is 115 cm³/mol. The first kappa shape index (κ1) is 20.3. The van der Waals surface area contributed by atoms with Crippen LogP contribution in [0.4, 0.5) is 5.69 Å². The third kappa shape index (κ3) is 3.64. The molecule has 0 atom stereocenters. The van der Waals surface area contributed by atoms with Gasteiger partial charge in [0.1, 0.15) is 0 Å². The molecule has 3 aromatic rings. The lowest BCUT2D eigenvalue weighted by Crippen LogP contribution is -2.27. The Morgan fingerprint density at radius 3 is 2.57 bits per heavy atom. The summed E-state index contributed by atoms with van der Waals surface area (Å²) in [7, 11) is -2.11. The number of amides is 1. The summed E-state index contributed by atoms with van der Waals surface area (Å²) in [5.74, 6) is -0.0448. The fraction of sp³-hybridized carbons (Fsp3) is 0.273. The monoisotopic (exact) mass is 424 g/mol. The van der Waals surface area contributed by atoms with Gasteiger partial charge in [0.2, 0.25) is 15.9 Å². The van der Waals surface area contributed by atoms with E-state index in [1.54, 1.807) is 25.2 Å². The zero-order valence-corrected chi connectivity index (χ0v) is 18.0. The van der Waals surface area contributed by atoms with Crippen LogP contribution in [0.25, 0.3) is 5.69 Å². The molecule has 4 rings (SSSR count). The first-order valence-electron chi connectivity index (χ1n) is 9.77. The van der Waals surface area contributed by atoms with E-state index in [-0.39, 0.29) is 17.3 Å². The summed E-state index contributed by atoms with van der Waals surface area (Å²) in [6, 6.07) is 14.6. The average Bonchev–Trinajstić information content (AvgIpc) is 3.02. The highest BCUT2D eigenvalue weighted by atomic mass is 32.2. The summed E-state index contributed by atoms with van der Waals surface area (Å²) < 4.78 is 29.6. The Morgan fingerprint density at radius 2 is 1.83 bits per heavy atom. The Balaban J connectivity index is 1.62. The van der Waals surface area contributed by atoms with Gasteiger partial charge in [-0.25, -0.2) is 13.1 Å². The molecule has 0 radical (unpaired) electrons. The molecule has 1 aliphatic heterocycles. The Bertz CT molecular complexity index is 1220. The van der Waals surface area contributed by atoms with Crippen LogP contribution < -0.4 is 5.32 Å². The van der Waals surface area contributed by atoms with Gasteiger partial charge in [-0.3, -0.25) is 4.79 Å². The molecule has 8 heteroatoms. The Kier molecular flexibility index (Phi) is 5.21. The summed E-state index contributed by atoms with van der Waals surface area (Å²) in [4.78, 5) is 11.8. The van der Waals surface area contributed by atoms with E-state index < -0.39 is 10.0 Å². The zero-order chi connectivity index (χ0) is 21.5. The van der Waals surface area contributed by atoms with E-state index in [0.29, 0.717) is 18.5 Å². The van der Waals surface area contributed by atoms with Crippen molar-refractivity contribution in [3.8, 4) is 5.69 Å². The Hall–Kier alpha value is -2.97. The lowest BCUT2D eigenvalue weighted by atomic mass is 10.0. The highest BCUT2D eigenvalue weighted by molar-refractivity contribution is 7.89.